The van der Waals surface area contributed by atoms with Crippen LogP contribution in [0.5, 0.6) is 0 Å². The molecule has 0 unspecified atom stereocenters. The van der Waals surface area contributed by atoms with E-state index in [9.17, 15) is 0 Å². The molecule has 0 aliphatic rings. The number of nitriles is 1. The van der Waals surface area contributed by atoms with Crippen LogP contribution in [0.2, 0.25) is 0 Å². The van der Waals surface area contributed by atoms with E-state index in [4.69, 9.17) is 5.26 Å². The van der Waals surface area contributed by atoms with Crippen LogP contribution in [0.15, 0.2) is 30.5 Å². The number of aryl methyl sites for hydroxylation is 2. The summed E-state index contributed by atoms with van der Waals surface area (Å²) in [7, 11) is 1.93. The van der Waals surface area contributed by atoms with E-state index in [-0.39, 0.29) is 0 Å². The lowest BCUT2D eigenvalue weighted by Crippen LogP contribution is -2.12. The monoisotopic (exact) mass is 238 g/mol. The van der Waals surface area contributed by atoms with Gasteiger partial charge in [0.15, 0.2) is 5.82 Å². The van der Waals surface area contributed by atoms with E-state index in [0.717, 1.165) is 22.9 Å². The topological polar surface area (TPSA) is 52.8 Å². The highest BCUT2D eigenvalue weighted by Crippen LogP contribution is 2.21. The summed E-state index contributed by atoms with van der Waals surface area (Å²) < 4.78 is 0. The summed E-state index contributed by atoms with van der Waals surface area (Å²) in [6.45, 7) is 3.88. The summed E-state index contributed by atoms with van der Waals surface area (Å²) >= 11 is 0. The van der Waals surface area contributed by atoms with Crippen molar-refractivity contribution in [2.75, 3.05) is 11.9 Å². The third kappa shape index (κ3) is 2.30. The minimum absolute atomic E-state index is 0.651. The van der Waals surface area contributed by atoms with Crippen molar-refractivity contribution in [3.05, 3.63) is 47.4 Å². The van der Waals surface area contributed by atoms with Gasteiger partial charge in [0.25, 0.3) is 0 Å². The number of anilines is 2. The van der Waals surface area contributed by atoms with E-state index in [1.165, 1.54) is 0 Å². The average Bonchev–Trinajstić information content (AvgIpc) is 2.41. The summed E-state index contributed by atoms with van der Waals surface area (Å²) in [5.41, 5.74) is 3.49. The molecule has 0 atom stereocenters. The number of hydrogen-bond donors (Lipinski definition) is 0. The summed E-state index contributed by atoms with van der Waals surface area (Å²) in [5, 5.41) is 8.77. The predicted molar refractivity (Wildman–Crippen MR) is 70.7 cm³/mol. The van der Waals surface area contributed by atoms with Crippen LogP contribution in [0.3, 0.4) is 0 Å². The highest BCUT2D eigenvalue weighted by Gasteiger charge is 2.07. The zero-order valence-corrected chi connectivity index (χ0v) is 10.7. The SMILES string of the molecule is Cc1ncc(N(C)c2ccc(C#N)cc2)nc1C. The quantitative estimate of drug-likeness (QED) is 0.807. The molecular formula is C14H14N4. The fourth-order valence-corrected chi connectivity index (χ4v) is 1.58. The molecule has 1 aromatic heterocycles. The minimum atomic E-state index is 0.651. The van der Waals surface area contributed by atoms with Gasteiger partial charge in [-0.05, 0) is 38.1 Å². The van der Waals surface area contributed by atoms with Gasteiger partial charge in [0.1, 0.15) is 0 Å². The Morgan fingerprint density at radius 1 is 1.11 bits per heavy atom. The molecule has 0 aliphatic heterocycles. The molecule has 4 nitrogen and oxygen atoms in total. The number of aromatic nitrogens is 2. The Hall–Kier alpha value is -2.41. The van der Waals surface area contributed by atoms with E-state index in [0.29, 0.717) is 5.56 Å². The second kappa shape index (κ2) is 4.84. The zero-order valence-electron chi connectivity index (χ0n) is 10.7. The highest BCUT2D eigenvalue weighted by atomic mass is 15.2. The second-order valence-electron chi connectivity index (χ2n) is 4.12. The number of hydrogen-bond acceptors (Lipinski definition) is 4. The molecule has 4 heteroatoms. The normalized spacial score (nSPS) is 9.89. The number of benzene rings is 1. The number of rotatable bonds is 2. The molecule has 0 aliphatic carbocycles. The second-order valence-corrected chi connectivity index (χ2v) is 4.12. The van der Waals surface area contributed by atoms with Crippen LogP contribution >= 0.6 is 0 Å². The Labute approximate surface area is 107 Å². The van der Waals surface area contributed by atoms with Gasteiger partial charge in [-0.15, -0.1) is 0 Å². The van der Waals surface area contributed by atoms with Crippen molar-refractivity contribution in [2.45, 2.75) is 13.8 Å². The largest absolute Gasteiger partial charge is 0.328 e. The molecule has 2 rings (SSSR count). The van der Waals surface area contributed by atoms with E-state index >= 15 is 0 Å². The van der Waals surface area contributed by atoms with Crippen molar-refractivity contribution in [1.29, 1.82) is 5.26 Å². The van der Waals surface area contributed by atoms with Crippen molar-refractivity contribution in [3.8, 4) is 6.07 Å². The summed E-state index contributed by atoms with van der Waals surface area (Å²) in [4.78, 5) is 10.7. The maximum Gasteiger partial charge on any atom is 0.151 e. The van der Waals surface area contributed by atoms with Gasteiger partial charge in [-0.1, -0.05) is 0 Å². The first-order chi connectivity index (χ1) is 8.61. The lowest BCUT2D eigenvalue weighted by atomic mass is 10.2. The summed E-state index contributed by atoms with van der Waals surface area (Å²) in [5.74, 6) is 0.794. The van der Waals surface area contributed by atoms with Gasteiger partial charge in [-0.3, -0.25) is 4.98 Å². The van der Waals surface area contributed by atoms with E-state index in [2.05, 4.69) is 16.0 Å². The van der Waals surface area contributed by atoms with Crippen LogP contribution in [-0.2, 0) is 0 Å². The average molecular weight is 238 g/mol. The van der Waals surface area contributed by atoms with Gasteiger partial charge in [-0.25, -0.2) is 4.98 Å². The van der Waals surface area contributed by atoms with Crippen LogP contribution in [0.1, 0.15) is 17.0 Å². The lowest BCUT2D eigenvalue weighted by molar-refractivity contribution is 1.01. The van der Waals surface area contributed by atoms with Crippen LogP contribution in [0.4, 0.5) is 11.5 Å². The van der Waals surface area contributed by atoms with Crippen LogP contribution in [0, 0.1) is 25.2 Å². The first-order valence-electron chi connectivity index (χ1n) is 5.66. The Bertz CT molecular complexity index is 596. The maximum absolute atomic E-state index is 8.77. The molecule has 0 saturated carbocycles. The molecule has 0 radical (unpaired) electrons. The smallest absolute Gasteiger partial charge is 0.151 e. The Kier molecular flexibility index (Phi) is 3.24. The van der Waals surface area contributed by atoms with Crippen LogP contribution < -0.4 is 4.90 Å². The maximum atomic E-state index is 8.77. The molecule has 90 valence electrons. The molecule has 1 aromatic carbocycles. The van der Waals surface area contributed by atoms with Crippen molar-refractivity contribution in [3.63, 3.8) is 0 Å². The van der Waals surface area contributed by atoms with Crippen LogP contribution in [0.25, 0.3) is 0 Å². The molecule has 0 spiro atoms. The van der Waals surface area contributed by atoms with Crippen molar-refractivity contribution in [1.82, 2.24) is 9.97 Å². The van der Waals surface area contributed by atoms with Crippen molar-refractivity contribution < 1.29 is 0 Å². The highest BCUT2D eigenvalue weighted by molar-refractivity contribution is 5.59. The Balaban J connectivity index is 2.32. The third-order valence-electron chi connectivity index (χ3n) is 2.91. The van der Waals surface area contributed by atoms with Gasteiger partial charge in [0, 0.05) is 12.7 Å². The molecule has 1 heterocycles. The van der Waals surface area contributed by atoms with E-state index < -0.39 is 0 Å². The Morgan fingerprint density at radius 2 is 1.78 bits per heavy atom. The molecule has 0 N–H and O–H groups in total. The molecule has 0 fully saturated rings. The number of nitrogens with zero attached hydrogens (tertiary/aromatic N) is 4. The van der Waals surface area contributed by atoms with Crippen molar-refractivity contribution in [2.24, 2.45) is 0 Å². The summed E-state index contributed by atoms with van der Waals surface area (Å²) in [6, 6.07) is 9.48. The van der Waals surface area contributed by atoms with Gasteiger partial charge in [-0.2, -0.15) is 5.26 Å². The first-order valence-corrected chi connectivity index (χ1v) is 5.66. The zero-order chi connectivity index (χ0) is 13.1. The van der Waals surface area contributed by atoms with Gasteiger partial charge >= 0.3 is 0 Å². The Morgan fingerprint density at radius 3 is 2.33 bits per heavy atom. The lowest BCUT2D eigenvalue weighted by Gasteiger charge is -2.18. The van der Waals surface area contributed by atoms with E-state index in [1.807, 2.05) is 37.9 Å². The molecule has 2 aromatic rings. The van der Waals surface area contributed by atoms with Crippen LogP contribution in [-0.4, -0.2) is 17.0 Å². The first kappa shape index (κ1) is 12.1. The standard InChI is InChI=1S/C14H14N4/c1-10-11(2)17-14(9-16-10)18(3)13-6-4-12(8-15)5-7-13/h4-7,9H,1-3H3. The summed E-state index contributed by atoms with van der Waals surface area (Å²) in [6.07, 6.45) is 1.75. The molecule has 0 saturated heterocycles. The fraction of sp³-hybridized carbons (Fsp3) is 0.214. The molecular weight excluding hydrogens is 224 g/mol. The minimum Gasteiger partial charge on any atom is -0.328 e. The molecule has 18 heavy (non-hydrogen) atoms. The van der Waals surface area contributed by atoms with Gasteiger partial charge < -0.3 is 4.90 Å². The fourth-order valence-electron chi connectivity index (χ4n) is 1.58. The van der Waals surface area contributed by atoms with Crippen molar-refractivity contribution >= 4 is 11.5 Å². The van der Waals surface area contributed by atoms with Gasteiger partial charge in [0.2, 0.25) is 0 Å². The third-order valence-corrected chi connectivity index (χ3v) is 2.91. The predicted octanol–water partition coefficient (Wildman–Crippen LogP) is 2.73. The molecule has 0 bridgehead atoms. The van der Waals surface area contributed by atoms with E-state index in [1.54, 1.807) is 18.3 Å². The van der Waals surface area contributed by atoms with Gasteiger partial charge in [0.05, 0.1) is 29.2 Å². The molecule has 0 amide bonds.